The molecule has 1 N–H and O–H groups in total. The average Bonchev–Trinajstić information content (AvgIpc) is 3.41. The first-order valence-electron chi connectivity index (χ1n) is 12.2. The van der Waals surface area contributed by atoms with Gasteiger partial charge in [0.05, 0.1) is 25.2 Å². The molecule has 2 unspecified atom stereocenters. The third kappa shape index (κ3) is 4.86. The van der Waals surface area contributed by atoms with Gasteiger partial charge in [-0.15, -0.1) is 0 Å². The largest absolute Gasteiger partial charge is 1.00 e. The van der Waals surface area contributed by atoms with Gasteiger partial charge in [0, 0.05) is 38.5 Å². The normalized spacial score (nSPS) is 24.3. The first-order valence-corrected chi connectivity index (χ1v) is 12.2. The molecule has 3 aliphatic heterocycles. The molecule has 4 nitrogen and oxygen atoms in total. The van der Waals surface area contributed by atoms with Crippen LogP contribution in [0.25, 0.3) is 0 Å². The second kappa shape index (κ2) is 11.4. The molecule has 34 heavy (non-hydrogen) atoms. The molecule has 2 atom stereocenters. The molecule has 5 rings (SSSR count). The predicted molar refractivity (Wildman–Crippen MR) is 131 cm³/mol. The molecule has 0 radical (unpaired) electrons. The molecule has 3 aliphatic rings. The van der Waals surface area contributed by atoms with Crippen molar-refractivity contribution in [2.75, 3.05) is 13.1 Å². The molecule has 0 aliphatic carbocycles. The number of hydrogen-bond acceptors (Lipinski definition) is 3. The zero-order valence-corrected chi connectivity index (χ0v) is 20.6. The molecule has 3 saturated heterocycles. The number of carbonyl (C=O) groups is 1. The Morgan fingerprint density at radius 2 is 1.32 bits per heavy atom. The summed E-state index contributed by atoms with van der Waals surface area (Å²) in [6.45, 7) is 9.32. The fraction of sp³-hybridized carbons (Fsp3) is 0.414. The number of aliphatic hydroxyl groups is 1. The predicted octanol–water partition coefficient (Wildman–Crippen LogP) is 2.13. The third-order valence-electron chi connectivity index (χ3n) is 7.88. The van der Waals surface area contributed by atoms with E-state index >= 15 is 0 Å². The fourth-order valence-electron chi connectivity index (χ4n) is 6.30. The summed E-state index contributed by atoms with van der Waals surface area (Å²) in [5, 5.41) is 11.6. The summed E-state index contributed by atoms with van der Waals surface area (Å²) >= 11 is 0. The van der Waals surface area contributed by atoms with E-state index in [0.717, 1.165) is 12.8 Å². The lowest BCUT2D eigenvalue weighted by atomic mass is 9.86. The standard InChI is InChI=1S/C25H30NO3.C4H6.ClH/c27-24(25(28,19-9-3-1-4-10-19)20-11-5-2-6-12-20)29-23-17-21-13-14-22(18-23)26(21)15-7-8-16-26;1-3-4-2;/h1-6,9-12,21-23,28H,7-8,13-18H2;3-4H,1-2H2;1H/q+1;;/p-1. The van der Waals surface area contributed by atoms with Gasteiger partial charge in [0.2, 0.25) is 5.60 Å². The number of esters is 1. The monoisotopic (exact) mass is 481 g/mol. The van der Waals surface area contributed by atoms with Crippen molar-refractivity contribution in [1.29, 1.82) is 0 Å². The van der Waals surface area contributed by atoms with E-state index in [-0.39, 0.29) is 18.5 Å². The lowest BCUT2D eigenvalue weighted by molar-refractivity contribution is -0.956. The van der Waals surface area contributed by atoms with Crippen molar-refractivity contribution < 1.29 is 31.5 Å². The topological polar surface area (TPSA) is 46.5 Å². The Balaban J connectivity index is 0.000000603. The highest BCUT2D eigenvalue weighted by Crippen LogP contribution is 2.46. The average molecular weight is 482 g/mol. The highest BCUT2D eigenvalue weighted by molar-refractivity contribution is 5.85. The van der Waals surface area contributed by atoms with Crippen LogP contribution in [-0.2, 0) is 15.1 Å². The maximum Gasteiger partial charge on any atom is 0.347 e. The third-order valence-corrected chi connectivity index (χ3v) is 7.88. The lowest BCUT2D eigenvalue weighted by Gasteiger charge is -2.47. The molecule has 3 fully saturated rings. The van der Waals surface area contributed by atoms with Gasteiger partial charge >= 0.3 is 5.97 Å². The Morgan fingerprint density at radius 3 is 1.74 bits per heavy atom. The van der Waals surface area contributed by atoms with Crippen molar-refractivity contribution in [3.8, 4) is 0 Å². The van der Waals surface area contributed by atoms with Gasteiger partial charge in [-0.25, -0.2) is 4.79 Å². The van der Waals surface area contributed by atoms with E-state index in [4.69, 9.17) is 4.74 Å². The molecule has 2 aromatic carbocycles. The Morgan fingerprint density at radius 1 is 0.882 bits per heavy atom. The van der Waals surface area contributed by atoms with Crippen LogP contribution in [0.4, 0.5) is 0 Å². The molecular weight excluding hydrogens is 446 g/mol. The van der Waals surface area contributed by atoms with Crippen molar-refractivity contribution in [2.45, 2.75) is 62.3 Å². The summed E-state index contributed by atoms with van der Waals surface area (Å²) in [5.74, 6) is -0.547. The molecule has 2 bridgehead atoms. The Bertz CT molecular complexity index is 894. The first-order chi connectivity index (χ1) is 16.0. The van der Waals surface area contributed by atoms with Crippen molar-refractivity contribution >= 4 is 5.97 Å². The number of piperidine rings is 1. The van der Waals surface area contributed by atoms with Gasteiger partial charge in [0.15, 0.2) is 0 Å². The van der Waals surface area contributed by atoms with Gasteiger partial charge in [-0.1, -0.05) is 86.0 Å². The minimum absolute atomic E-state index is 0. The highest BCUT2D eigenvalue weighted by atomic mass is 35.5. The molecular formula is C29H36ClNO3. The Hall–Kier alpha value is -2.40. The molecule has 1 spiro atoms. The van der Waals surface area contributed by atoms with Crippen LogP contribution in [0, 0.1) is 0 Å². The first kappa shape index (κ1) is 26.2. The van der Waals surface area contributed by atoms with Gasteiger partial charge in [-0.2, -0.15) is 0 Å². The van der Waals surface area contributed by atoms with Crippen molar-refractivity contribution in [3.05, 3.63) is 97.1 Å². The molecule has 2 aromatic rings. The van der Waals surface area contributed by atoms with Crippen LogP contribution in [-0.4, -0.2) is 46.8 Å². The van der Waals surface area contributed by atoms with Crippen LogP contribution in [0.1, 0.15) is 49.7 Å². The minimum Gasteiger partial charge on any atom is -1.00 e. The zero-order chi connectivity index (χ0) is 23.3. The van der Waals surface area contributed by atoms with Crippen molar-refractivity contribution in [2.24, 2.45) is 0 Å². The van der Waals surface area contributed by atoms with Crippen molar-refractivity contribution in [3.63, 3.8) is 0 Å². The number of hydrogen-bond donors (Lipinski definition) is 1. The molecule has 0 aromatic heterocycles. The van der Waals surface area contributed by atoms with Crippen LogP contribution in [0.5, 0.6) is 0 Å². The summed E-state index contributed by atoms with van der Waals surface area (Å²) in [4.78, 5) is 13.4. The Labute approximate surface area is 209 Å². The van der Waals surface area contributed by atoms with Gasteiger partial charge in [-0.05, 0) is 11.1 Å². The van der Waals surface area contributed by atoms with E-state index < -0.39 is 11.6 Å². The second-order valence-electron chi connectivity index (χ2n) is 9.55. The van der Waals surface area contributed by atoms with E-state index in [9.17, 15) is 9.90 Å². The van der Waals surface area contributed by atoms with E-state index in [1.807, 2.05) is 36.4 Å². The van der Waals surface area contributed by atoms with Gasteiger partial charge in [-0.3, -0.25) is 0 Å². The van der Waals surface area contributed by atoms with Crippen molar-refractivity contribution in [1.82, 2.24) is 0 Å². The lowest BCUT2D eigenvalue weighted by Crippen LogP contribution is -3.00. The van der Waals surface area contributed by atoms with Crippen LogP contribution in [0.3, 0.4) is 0 Å². The second-order valence-corrected chi connectivity index (χ2v) is 9.55. The van der Waals surface area contributed by atoms with Crippen LogP contribution >= 0.6 is 0 Å². The number of rotatable bonds is 5. The fourth-order valence-corrected chi connectivity index (χ4v) is 6.30. The molecule has 0 amide bonds. The maximum absolute atomic E-state index is 13.4. The van der Waals surface area contributed by atoms with E-state index in [1.54, 1.807) is 36.4 Å². The maximum atomic E-state index is 13.4. The number of allylic oxidation sites excluding steroid dienone is 2. The summed E-state index contributed by atoms with van der Waals surface area (Å²) in [6, 6.07) is 19.6. The van der Waals surface area contributed by atoms with E-state index in [2.05, 4.69) is 13.2 Å². The summed E-state index contributed by atoms with van der Waals surface area (Å²) in [7, 11) is 0. The van der Waals surface area contributed by atoms with Gasteiger partial charge in [0.1, 0.15) is 6.10 Å². The highest BCUT2D eigenvalue weighted by Gasteiger charge is 2.56. The van der Waals surface area contributed by atoms with Crippen LogP contribution in [0.15, 0.2) is 86.0 Å². The number of benzene rings is 2. The van der Waals surface area contributed by atoms with Crippen LogP contribution < -0.4 is 12.4 Å². The number of nitrogens with zero attached hydrogens (tertiary/aromatic N) is 1. The van der Waals surface area contributed by atoms with Crippen LogP contribution in [0.2, 0.25) is 0 Å². The Kier molecular flexibility index (Phi) is 8.75. The summed E-state index contributed by atoms with van der Waals surface area (Å²) in [6.07, 6.45) is 10.2. The van der Waals surface area contributed by atoms with E-state index in [0.29, 0.717) is 23.2 Å². The number of carbonyl (C=O) groups excluding carboxylic acids is 1. The number of ether oxygens (including phenoxy) is 1. The molecule has 182 valence electrons. The van der Waals surface area contributed by atoms with E-state index in [1.165, 1.54) is 43.3 Å². The SMILES string of the molecule is C=CC=C.O=C(OC1CC2CCC(C1)[N+]21CCCC1)C(O)(c1ccccc1)c1ccccc1.[Cl-]. The quantitative estimate of drug-likeness (QED) is 0.404. The van der Waals surface area contributed by atoms with Gasteiger partial charge < -0.3 is 26.7 Å². The summed E-state index contributed by atoms with van der Waals surface area (Å²) < 4.78 is 7.32. The minimum atomic E-state index is -1.78. The smallest absolute Gasteiger partial charge is 0.347 e. The van der Waals surface area contributed by atoms with Gasteiger partial charge in [0.25, 0.3) is 0 Å². The molecule has 3 heterocycles. The summed E-state index contributed by atoms with van der Waals surface area (Å²) in [5.41, 5.74) is -0.671. The molecule has 0 saturated carbocycles. The number of quaternary nitrogens is 1. The molecule has 5 heteroatoms. The number of halogens is 1. The zero-order valence-electron chi connectivity index (χ0n) is 19.8.